The van der Waals surface area contributed by atoms with Crippen LogP contribution in [0.15, 0.2) is 49.1 Å². The van der Waals surface area contributed by atoms with E-state index in [1.54, 1.807) is 13.2 Å². The summed E-state index contributed by atoms with van der Waals surface area (Å²) in [5, 5.41) is 7.19. The maximum absolute atomic E-state index is 14.0. The van der Waals surface area contributed by atoms with Crippen LogP contribution >= 0.6 is 0 Å². The first kappa shape index (κ1) is 24.4. The Bertz CT molecular complexity index is 1220. The number of rotatable bonds is 7. The molecule has 1 unspecified atom stereocenters. The number of likely N-dealkylation sites (tertiary alicyclic amines) is 1. The normalized spacial score (nSPS) is 20.4. The Labute approximate surface area is 212 Å². The first-order valence-electron chi connectivity index (χ1n) is 13.2. The van der Waals surface area contributed by atoms with Crippen LogP contribution < -0.4 is 10.6 Å². The molecule has 1 aliphatic heterocycles. The van der Waals surface area contributed by atoms with Crippen molar-refractivity contribution in [3.63, 3.8) is 0 Å². The van der Waals surface area contributed by atoms with Crippen LogP contribution in [0.4, 0.5) is 0 Å². The lowest BCUT2D eigenvalue weighted by molar-refractivity contribution is -0.139. The first-order valence-corrected chi connectivity index (χ1v) is 13.2. The Kier molecular flexibility index (Phi) is 7.32. The number of carbonyl (C=O) groups excluding carboxylic acids is 2. The van der Waals surface area contributed by atoms with Crippen LogP contribution in [0.25, 0.3) is 16.7 Å². The van der Waals surface area contributed by atoms with Gasteiger partial charge >= 0.3 is 0 Å². The van der Waals surface area contributed by atoms with Gasteiger partial charge in [0.1, 0.15) is 11.7 Å². The lowest BCUT2D eigenvalue weighted by atomic mass is 9.83. The highest BCUT2D eigenvalue weighted by molar-refractivity contribution is 5.90. The molecular weight excluding hydrogens is 452 g/mol. The van der Waals surface area contributed by atoms with Gasteiger partial charge in [0.05, 0.1) is 24.0 Å². The van der Waals surface area contributed by atoms with Crippen LogP contribution in [-0.2, 0) is 9.59 Å². The minimum Gasteiger partial charge on any atom is -0.343 e. The van der Waals surface area contributed by atoms with Crippen molar-refractivity contribution >= 4 is 22.8 Å². The van der Waals surface area contributed by atoms with E-state index in [-0.39, 0.29) is 29.8 Å². The van der Waals surface area contributed by atoms with Gasteiger partial charge in [0, 0.05) is 30.5 Å². The van der Waals surface area contributed by atoms with Crippen LogP contribution in [0.3, 0.4) is 0 Å². The fraction of sp³-hybridized carbons (Fsp3) is 0.500. The predicted molar refractivity (Wildman–Crippen MR) is 140 cm³/mol. The molecule has 2 fully saturated rings. The highest BCUT2D eigenvalue weighted by Gasteiger charge is 2.39. The molecule has 2 N–H and O–H groups in total. The summed E-state index contributed by atoms with van der Waals surface area (Å²) < 4.78 is 2.04. The van der Waals surface area contributed by atoms with E-state index in [1.807, 2.05) is 53.2 Å². The summed E-state index contributed by atoms with van der Waals surface area (Å²) in [6, 6.07) is 7.26. The minimum absolute atomic E-state index is 0.0412. The highest BCUT2D eigenvalue weighted by atomic mass is 16.2. The molecule has 1 aliphatic carbocycles. The van der Waals surface area contributed by atoms with Crippen LogP contribution in [0.2, 0.25) is 0 Å². The summed E-state index contributed by atoms with van der Waals surface area (Å²) in [5.74, 6) is 0.106. The molecule has 3 atom stereocenters. The molecular formula is C28H36N6O2. The van der Waals surface area contributed by atoms with Crippen LogP contribution in [0.5, 0.6) is 0 Å². The Hall–Kier alpha value is -3.26. The van der Waals surface area contributed by atoms with E-state index in [0.29, 0.717) is 6.54 Å². The fourth-order valence-corrected chi connectivity index (χ4v) is 5.75. The Morgan fingerprint density at radius 1 is 1.08 bits per heavy atom. The number of nitrogens with zero attached hydrogens (tertiary/aromatic N) is 4. The van der Waals surface area contributed by atoms with Gasteiger partial charge in [0.15, 0.2) is 0 Å². The molecule has 0 spiro atoms. The minimum atomic E-state index is -0.483. The van der Waals surface area contributed by atoms with Gasteiger partial charge < -0.3 is 15.5 Å². The summed E-state index contributed by atoms with van der Waals surface area (Å²) in [5.41, 5.74) is 2.84. The number of nitrogens with one attached hydrogen (secondary N) is 2. The van der Waals surface area contributed by atoms with Crippen molar-refractivity contribution in [1.82, 2.24) is 30.1 Å². The third kappa shape index (κ3) is 4.87. The van der Waals surface area contributed by atoms with Crippen molar-refractivity contribution in [2.75, 3.05) is 13.6 Å². The molecule has 4 heterocycles. The Morgan fingerprint density at radius 2 is 1.92 bits per heavy atom. The largest absolute Gasteiger partial charge is 0.343 e. The maximum atomic E-state index is 14.0. The van der Waals surface area contributed by atoms with Crippen LogP contribution in [-0.4, -0.2) is 56.9 Å². The van der Waals surface area contributed by atoms with Gasteiger partial charge in [-0.25, -0.2) is 4.98 Å². The van der Waals surface area contributed by atoms with Crippen molar-refractivity contribution in [2.45, 2.75) is 70.0 Å². The van der Waals surface area contributed by atoms with E-state index in [4.69, 9.17) is 0 Å². The van der Waals surface area contributed by atoms with Gasteiger partial charge in [-0.15, -0.1) is 0 Å². The van der Waals surface area contributed by atoms with Gasteiger partial charge in [-0.2, -0.15) is 0 Å². The third-order valence-corrected chi connectivity index (χ3v) is 7.90. The second kappa shape index (κ2) is 10.8. The number of fused-ring (bicyclic) bond motifs is 1. The number of carbonyl (C=O) groups is 2. The van der Waals surface area contributed by atoms with Crippen LogP contribution in [0.1, 0.15) is 63.5 Å². The highest BCUT2D eigenvalue weighted by Crippen LogP contribution is 2.35. The zero-order valence-corrected chi connectivity index (χ0v) is 21.2. The van der Waals surface area contributed by atoms with E-state index in [9.17, 15) is 9.59 Å². The average Bonchev–Trinajstić information content (AvgIpc) is 3.59. The lowest BCUT2D eigenvalue weighted by Gasteiger charge is -2.35. The Balaban J connectivity index is 1.41. The molecule has 3 aromatic rings. The molecule has 2 amide bonds. The van der Waals surface area contributed by atoms with Gasteiger partial charge in [-0.3, -0.25) is 19.1 Å². The second-order valence-corrected chi connectivity index (χ2v) is 10.2. The van der Waals surface area contributed by atoms with E-state index >= 15 is 0 Å². The predicted octanol–water partition coefficient (Wildman–Crippen LogP) is 3.76. The third-order valence-electron chi connectivity index (χ3n) is 7.90. The number of amides is 2. The summed E-state index contributed by atoms with van der Waals surface area (Å²) in [4.78, 5) is 37.9. The number of hydrogen-bond donors (Lipinski definition) is 2. The van der Waals surface area contributed by atoms with Gasteiger partial charge in [-0.05, 0) is 75.4 Å². The average molecular weight is 489 g/mol. The number of pyridine rings is 2. The SMILES string of the molecule is CNC(C)C(=O)N[C@H](C(=O)N1CCC[C@H]1c1cncc(-n2ccc3cccnc32)c1)C1CCCCC1. The second-order valence-electron chi connectivity index (χ2n) is 10.2. The molecule has 3 aromatic heterocycles. The van der Waals surface area contributed by atoms with E-state index < -0.39 is 6.04 Å². The standard InChI is InChI=1S/C28H36N6O2/c1-19(29-2)27(35)32-25(20-8-4-3-5-9-20)28(36)34-14-7-11-24(34)22-16-23(18-30-17-22)33-15-12-21-10-6-13-31-26(21)33/h6,10,12-13,15-20,24-25,29H,3-5,7-9,11,14H2,1-2H3,(H,32,35)/t19?,24-,25-/m0/s1. The maximum Gasteiger partial charge on any atom is 0.245 e. The summed E-state index contributed by atoms with van der Waals surface area (Å²) in [7, 11) is 1.77. The zero-order valence-electron chi connectivity index (χ0n) is 21.2. The molecule has 1 saturated heterocycles. The fourth-order valence-electron chi connectivity index (χ4n) is 5.75. The summed E-state index contributed by atoms with van der Waals surface area (Å²) >= 11 is 0. The van der Waals surface area contributed by atoms with Gasteiger partial charge in [-0.1, -0.05) is 19.3 Å². The zero-order chi connectivity index (χ0) is 25.1. The molecule has 5 rings (SSSR count). The molecule has 36 heavy (non-hydrogen) atoms. The monoisotopic (exact) mass is 488 g/mol. The van der Waals surface area contributed by atoms with Gasteiger partial charge in [0.2, 0.25) is 11.8 Å². The summed E-state index contributed by atoms with van der Waals surface area (Å²) in [6.45, 7) is 2.52. The van der Waals surface area contributed by atoms with E-state index in [0.717, 1.165) is 60.8 Å². The summed E-state index contributed by atoms with van der Waals surface area (Å²) in [6.07, 6.45) is 14.7. The molecule has 190 valence electrons. The molecule has 1 saturated carbocycles. The number of hydrogen-bond acceptors (Lipinski definition) is 5. The Morgan fingerprint density at radius 3 is 2.72 bits per heavy atom. The van der Waals surface area contributed by atoms with Crippen molar-refractivity contribution in [1.29, 1.82) is 0 Å². The van der Waals surface area contributed by atoms with E-state index in [2.05, 4.69) is 26.7 Å². The van der Waals surface area contributed by atoms with E-state index in [1.165, 1.54) is 6.42 Å². The molecule has 0 bridgehead atoms. The lowest BCUT2D eigenvalue weighted by Crippen LogP contribution is -2.55. The molecule has 8 nitrogen and oxygen atoms in total. The van der Waals surface area contributed by atoms with Crippen molar-refractivity contribution in [3.8, 4) is 5.69 Å². The quantitative estimate of drug-likeness (QED) is 0.528. The van der Waals surface area contributed by atoms with Crippen molar-refractivity contribution in [2.24, 2.45) is 5.92 Å². The first-order chi connectivity index (χ1) is 17.6. The molecule has 8 heteroatoms. The molecule has 2 aliphatic rings. The van der Waals surface area contributed by atoms with Crippen molar-refractivity contribution < 1.29 is 9.59 Å². The smallest absolute Gasteiger partial charge is 0.245 e. The van der Waals surface area contributed by atoms with Crippen molar-refractivity contribution in [3.05, 3.63) is 54.6 Å². The molecule has 0 aromatic carbocycles. The van der Waals surface area contributed by atoms with Crippen LogP contribution in [0, 0.1) is 5.92 Å². The topological polar surface area (TPSA) is 92.2 Å². The van der Waals surface area contributed by atoms with Gasteiger partial charge in [0.25, 0.3) is 0 Å². The number of aromatic nitrogens is 3. The molecule has 0 radical (unpaired) electrons. The number of likely N-dealkylation sites (N-methyl/N-ethyl adjacent to an activating group) is 1.